The molecule has 2 N–H and O–H groups in total. The van der Waals surface area contributed by atoms with Crippen molar-refractivity contribution in [1.29, 1.82) is 0 Å². The van der Waals surface area contributed by atoms with Crippen molar-refractivity contribution in [3.8, 4) is 22.5 Å². The molecule has 1 aliphatic rings. The van der Waals surface area contributed by atoms with Gasteiger partial charge in [0, 0.05) is 28.6 Å². The number of carbonyl (C=O) groups is 1. The van der Waals surface area contributed by atoms with Crippen molar-refractivity contribution in [3.63, 3.8) is 0 Å². The van der Waals surface area contributed by atoms with Crippen LogP contribution >= 0.6 is 11.6 Å². The number of hydrogen-bond acceptors (Lipinski definition) is 5. The molecule has 0 radical (unpaired) electrons. The fourth-order valence-electron chi connectivity index (χ4n) is 3.45. The van der Waals surface area contributed by atoms with Gasteiger partial charge in [0.25, 0.3) is 0 Å². The van der Waals surface area contributed by atoms with Gasteiger partial charge in [0.05, 0.1) is 21.9 Å². The van der Waals surface area contributed by atoms with Crippen molar-refractivity contribution in [2.75, 3.05) is 5.73 Å². The summed E-state index contributed by atoms with van der Waals surface area (Å²) in [6.45, 7) is 0. The normalized spacial score (nSPS) is 13.6. The highest BCUT2D eigenvalue weighted by atomic mass is 35.5. The summed E-state index contributed by atoms with van der Waals surface area (Å²) in [6, 6.07) is 17.3. The maximum atomic E-state index is 12.7. The molecule has 0 spiro atoms. The predicted octanol–water partition coefficient (Wildman–Crippen LogP) is 5.19. The summed E-state index contributed by atoms with van der Waals surface area (Å²) >= 11 is 6.50. The van der Waals surface area contributed by atoms with E-state index in [0.29, 0.717) is 16.4 Å². The fraction of sp³-hybridized carbons (Fsp3) is 0.130. The Morgan fingerprint density at radius 1 is 0.966 bits per heavy atom. The Labute approximate surface area is 172 Å². The molecule has 0 aliphatic heterocycles. The number of hydrogen-bond donors (Lipinski definition) is 1. The molecule has 5 nitrogen and oxygen atoms in total. The lowest BCUT2D eigenvalue weighted by atomic mass is 10.0. The van der Waals surface area contributed by atoms with Gasteiger partial charge in [0.1, 0.15) is 5.69 Å². The summed E-state index contributed by atoms with van der Waals surface area (Å²) in [6.07, 6.45) is 3.46. The molecule has 0 atom stereocenters. The van der Waals surface area contributed by atoms with E-state index in [0.717, 1.165) is 34.9 Å². The highest BCUT2D eigenvalue weighted by molar-refractivity contribution is 6.35. The Morgan fingerprint density at radius 3 is 2.48 bits per heavy atom. The molecule has 29 heavy (non-hydrogen) atoms. The molecule has 142 valence electrons. The van der Waals surface area contributed by atoms with Gasteiger partial charge in [-0.15, -0.1) is 0 Å². The standard InChI is InChI=1S/C23H17ClN4O/c24-17-12-16(11-15-7-4-10-26-18(15)17)20-19(13-5-2-1-3-6-13)28-23(25)21(27-20)22(29)14-8-9-14/h1-7,10-12,14H,8-9H2,(H2,25,28). The summed E-state index contributed by atoms with van der Waals surface area (Å²) in [5.74, 6) is 0.133. The number of pyridine rings is 1. The minimum atomic E-state index is -0.0376. The smallest absolute Gasteiger partial charge is 0.188 e. The van der Waals surface area contributed by atoms with Crippen LogP contribution in [-0.2, 0) is 0 Å². The number of benzene rings is 2. The topological polar surface area (TPSA) is 81.8 Å². The number of carbonyl (C=O) groups excluding carboxylic acids is 1. The van der Waals surface area contributed by atoms with Gasteiger partial charge in [0.15, 0.2) is 11.6 Å². The number of halogens is 1. The Hall–Kier alpha value is -3.31. The van der Waals surface area contributed by atoms with Crippen LogP contribution in [0.3, 0.4) is 0 Å². The summed E-state index contributed by atoms with van der Waals surface area (Å²) in [5.41, 5.74) is 9.97. The number of nitrogen functional groups attached to an aromatic ring is 1. The molecule has 1 aliphatic carbocycles. The van der Waals surface area contributed by atoms with Crippen LogP contribution in [0.5, 0.6) is 0 Å². The summed E-state index contributed by atoms with van der Waals surface area (Å²) in [5, 5.41) is 1.41. The number of nitrogens with two attached hydrogens (primary N) is 1. The van der Waals surface area contributed by atoms with Crippen LogP contribution in [0.1, 0.15) is 23.3 Å². The number of ketones is 1. The zero-order chi connectivity index (χ0) is 20.0. The van der Waals surface area contributed by atoms with Crippen molar-refractivity contribution in [2.45, 2.75) is 12.8 Å². The van der Waals surface area contributed by atoms with E-state index in [2.05, 4.69) is 9.97 Å². The van der Waals surface area contributed by atoms with Crippen molar-refractivity contribution in [2.24, 2.45) is 5.92 Å². The number of nitrogens with zero attached hydrogens (tertiary/aromatic N) is 3. The predicted molar refractivity (Wildman–Crippen MR) is 115 cm³/mol. The minimum absolute atomic E-state index is 0.00594. The van der Waals surface area contributed by atoms with Gasteiger partial charge in [-0.25, -0.2) is 9.97 Å². The fourth-order valence-corrected chi connectivity index (χ4v) is 3.73. The molecule has 2 aromatic heterocycles. The lowest BCUT2D eigenvalue weighted by Crippen LogP contribution is -2.12. The van der Waals surface area contributed by atoms with Gasteiger partial charge >= 0.3 is 0 Å². The lowest BCUT2D eigenvalue weighted by Gasteiger charge is -2.13. The zero-order valence-electron chi connectivity index (χ0n) is 15.5. The van der Waals surface area contributed by atoms with E-state index in [9.17, 15) is 4.79 Å². The van der Waals surface area contributed by atoms with E-state index in [1.54, 1.807) is 6.20 Å². The Kier molecular flexibility index (Phi) is 4.25. The van der Waals surface area contributed by atoms with Gasteiger partial charge in [-0.3, -0.25) is 9.78 Å². The minimum Gasteiger partial charge on any atom is -0.382 e. The second kappa shape index (κ2) is 6.94. The molecule has 2 heterocycles. The maximum Gasteiger partial charge on any atom is 0.188 e. The van der Waals surface area contributed by atoms with E-state index in [1.807, 2.05) is 54.6 Å². The Morgan fingerprint density at radius 2 is 1.72 bits per heavy atom. The third-order valence-electron chi connectivity index (χ3n) is 5.08. The number of anilines is 1. The quantitative estimate of drug-likeness (QED) is 0.477. The third-order valence-corrected chi connectivity index (χ3v) is 5.37. The molecule has 2 aromatic carbocycles. The molecule has 0 amide bonds. The largest absolute Gasteiger partial charge is 0.382 e. The summed E-state index contributed by atoms with van der Waals surface area (Å²) in [7, 11) is 0. The van der Waals surface area contributed by atoms with Crippen LogP contribution in [0.25, 0.3) is 33.4 Å². The Balaban J connectivity index is 1.77. The first-order chi connectivity index (χ1) is 14.1. The molecule has 0 saturated heterocycles. The monoisotopic (exact) mass is 400 g/mol. The SMILES string of the molecule is Nc1nc(-c2ccccc2)c(-c2cc(Cl)c3ncccc3c2)nc1C(=O)C1CC1. The Bertz CT molecular complexity index is 1250. The van der Waals surface area contributed by atoms with Crippen molar-refractivity contribution >= 4 is 34.1 Å². The van der Waals surface area contributed by atoms with Gasteiger partial charge in [-0.1, -0.05) is 48.0 Å². The average Bonchev–Trinajstić information content (AvgIpc) is 3.59. The average molecular weight is 401 g/mol. The first kappa shape index (κ1) is 17.8. The van der Waals surface area contributed by atoms with Gasteiger partial charge < -0.3 is 5.73 Å². The first-order valence-electron chi connectivity index (χ1n) is 9.43. The number of aromatic nitrogens is 3. The van der Waals surface area contributed by atoms with Crippen molar-refractivity contribution in [1.82, 2.24) is 15.0 Å². The number of Topliss-reactive ketones (excluding diaryl/α,β-unsaturated/α-hetero) is 1. The first-order valence-corrected chi connectivity index (χ1v) is 9.81. The van der Waals surface area contributed by atoms with E-state index in [1.165, 1.54) is 0 Å². The second-order valence-electron chi connectivity index (χ2n) is 7.19. The molecule has 6 heteroatoms. The highest BCUT2D eigenvalue weighted by Gasteiger charge is 2.33. The van der Waals surface area contributed by atoms with Crippen molar-refractivity contribution in [3.05, 3.63) is 71.5 Å². The highest BCUT2D eigenvalue weighted by Crippen LogP contribution is 2.37. The van der Waals surface area contributed by atoms with Gasteiger partial charge in [-0.2, -0.15) is 0 Å². The van der Waals surface area contributed by atoms with E-state index >= 15 is 0 Å². The molecule has 1 saturated carbocycles. The maximum absolute atomic E-state index is 12.7. The van der Waals surface area contributed by atoms with E-state index in [-0.39, 0.29) is 23.2 Å². The van der Waals surface area contributed by atoms with Crippen LogP contribution < -0.4 is 5.73 Å². The molecule has 1 fully saturated rings. The third kappa shape index (κ3) is 3.23. The van der Waals surface area contributed by atoms with Crippen molar-refractivity contribution < 1.29 is 4.79 Å². The molecular formula is C23H17ClN4O. The van der Waals surface area contributed by atoms with E-state index < -0.39 is 0 Å². The molecule has 0 unspecified atom stereocenters. The molecule has 0 bridgehead atoms. The molecule has 4 aromatic rings. The van der Waals surface area contributed by atoms with E-state index in [4.69, 9.17) is 22.3 Å². The van der Waals surface area contributed by atoms with Crippen LogP contribution in [0.15, 0.2) is 60.8 Å². The van der Waals surface area contributed by atoms with Crippen LogP contribution in [0, 0.1) is 5.92 Å². The second-order valence-corrected chi connectivity index (χ2v) is 7.60. The van der Waals surface area contributed by atoms with Gasteiger partial charge in [0.2, 0.25) is 0 Å². The molecule has 5 rings (SSSR count). The van der Waals surface area contributed by atoms with Gasteiger partial charge in [-0.05, 0) is 31.0 Å². The lowest BCUT2D eigenvalue weighted by molar-refractivity contribution is 0.0963. The summed E-state index contributed by atoms with van der Waals surface area (Å²) in [4.78, 5) is 26.4. The van der Waals surface area contributed by atoms with Crippen LogP contribution in [0.2, 0.25) is 5.02 Å². The number of fused-ring (bicyclic) bond motifs is 1. The number of rotatable bonds is 4. The van der Waals surface area contributed by atoms with Crippen LogP contribution in [-0.4, -0.2) is 20.7 Å². The van der Waals surface area contributed by atoms with Crippen LogP contribution in [0.4, 0.5) is 5.82 Å². The molecular weight excluding hydrogens is 384 g/mol. The summed E-state index contributed by atoms with van der Waals surface area (Å²) < 4.78 is 0. The zero-order valence-corrected chi connectivity index (χ0v) is 16.2.